The highest BCUT2D eigenvalue weighted by molar-refractivity contribution is 6.15. The maximum Gasteiger partial charge on any atom is 0.136 e. The van der Waals surface area contributed by atoms with Crippen LogP contribution < -0.4 is 5.73 Å². The second kappa shape index (κ2) is 6.75. The summed E-state index contributed by atoms with van der Waals surface area (Å²) in [5, 5.41) is 4.66. The zero-order chi connectivity index (χ0) is 21.9. The molecule has 0 amide bonds. The first-order chi connectivity index (χ1) is 16.3. The van der Waals surface area contributed by atoms with Crippen LogP contribution in [-0.4, -0.2) is 4.57 Å². The number of fused-ring (bicyclic) bond motifs is 6. The van der Waals surface area contributed by atoms with Gasteiger partial charge in [0.05, 0.1) is 22.4 Å². The molecule has 156 valence electrons. The van der Waals surface area contributed by atoms with Crippen LogP contribution in [0.3, 0.4) is 0 Å². The molecule has 0 unspecified atom stereocenters. The Kier molecular flexibility index (Phi) is 3.70. The van der Waals surface area contributed by atoms with Gasteiger partial charge in [-0.1, -0.05) is 78.9 Å². The standard InChI is InChI=1S/C30H20N2O/c31-24-14-7-13-22(21-12-8-18-28-29(21)23-11-3-6-17-27(23)33-28)30(24)32-25-15-4-1-9-19(25)20-10-2-5-16-26(20)32/h1-18H,31H2. The lowest BCUT2D eigenvalue weighted by Gasteiger charge is -2.17. The molecule has 2 heterocycles. The summed E-state index contributed by atoms with van der Waals surface area (Å²) in [6.07, 6.45) is 0. The number of nitrogens with two attached hydrogens (primary N) is 1. The Morgan fingerprint density at radius 2 is 1.09 bits per heavy atom. The van der Waals surface area contributed by atoms with Crippen LogP contribution in [0, 0.1) is 0 Å². The van der Waals surface area contributed by atoms with Gasteiger partial charge in [-0.3, -0.25) is 0 Å². The van der Waals surface area contributed by atoms with Crippen molar-refractivity contribution in [3.05, 3.63) is 109 Å². The molecule has 3 nitrogen and oxygen atoms in total. The summed E-state index contributed by atoms with van der Waals surface area (Å²) < 4.78 is 8.48. The van der Waals surface area contributed by atoms with Gasteiger partial charge in [0, 0.05) is 27.1 Å². The number of nitrogen functional groups attached to an aromatic ring is 1. The molecule has 0 saturated heterocycles. The van der Waals surface area contributed by atoms with Gasteiger partial charge in [0.2, 0.25) is 0 Å². The third-order valence-electron chi connectivity index (χ3n) is 6.56. The molecule has 3 heteroatoms. The highest BCUT2D eigenvalue weighted by Gasteiger charge is 2.20. The van der Waals surface area contributed by atoms with Gasteiger partial charge in [-0.15, -0.1) is 0 Å². The first-order valence-corrected chi connectivity index (χ1v) is 11.1. The predicted molar refractivity (Wildman–Crippen MR) is 138 cm³/mol. The minimum absolute atomic E-state index is 0.740. The third kappa shape index (κ3) is 2.50. The number of rotatable bonds is 2. The van der Waals surface area contributed by atoms with E-state index in [1.807, 2.05) is 30.3 Å². The van der Waals surface area contributed by atoms with Gasteiger partial charge in [0.15, 0.2) is 0 Å². The maximum absolute atomic E-state index is 6.72. The van der Waals surface area contributed by atoms with Gasteiger partial charge in [-0.05, 0) is 35.9 Å². The van der Waals surface area contributed by atoms with E-state index in [1.54, 1.807) is 0 Å². The van der Waals surface area contributed by atoms with Gasteiger partial charge in [-0.2, -0.15) is 0 Å². The van der Waals surface area contributed by atoms with E-state index in [0.29, 0.717) is 0 Å². The van der Waals surface area contributed by atoms with E-state index in [-0.39, 0.29) is 0 Å². The van der Waals surface area contributed by atoms with Crippen LogP contribution in [0.1, 0.15) is 0 Å². The second-order valence-corrected chi connectivity index (χ2v) is 8.39. The summed E-state index contributed by atoms with van der Waals surface area (Å²) in [6.45, 7) is 0. The summed E-state index contributed by atoms with van der Waals surface area (Å²) in [5.41, 5.74) is 14.7. The number of hydrogen-bond acceptors (Lipinski definition) is 2. The summed E-state index contributed by atoms with van der Waals surface area (Å²) >= 11 is 0. The van der Waals surface area contributed by atoms with Crippen molar-refractivity contribution in [1.29, 1.82) is 0 Å². The van der Waals surface area contributed by atoms with Crippen LogP contribution in [0.5, 0.6) is 0 Å². The minimum atomic E-state index is 0.740. The molecule has 0 saturated carbocycles. The first kappa shape index (κ1) is 18.1. The Morgan fingerprint density at radius 3 is 1.85 bits per heavy atom. The highest BCUT2D eigenvalue weighted by atomic mass is 16.3. The number of furan rings is 1. The summed E-state index contributed by atoms with van der Waals surface area (Å²) in [5.74, 6) is 0. The van der Waals surface area contributed by atoms with Gasteiger partial charge >= 0.3 is 0 Å². The van der Waals surface area contributed by atoms with Crippen LogP contribution in [0.15, 0.2) is 114 Å². The Labute approximate surface area is 190 Å². The van der Waals surface area contributed by atoms with Crippen molar-refractivity contribution in [2.45, 2.75) is 0 Å². The third-order valence-corrected chi connectivity index (χ3v) is 6.56. The number of anilines is 1. The van der Waals surface area contributed by atoms with Gasteiger partial charge in [0.1, 0.15) is 11.2 Å². The molecule has 2 N–H and O–H groups in total. The average molecular weight is 425 g/mol. The van der Waals surface area contributed by atoms with Crippen molar-refractivity contribution in [2.24, 2.45) is 0 Å². The normalized spacial score (nSPS) is 11.8. The first-order valence-electron chi connectivity index (χ1n) is 11.1. The van der Waals surface area contributed by atoms with E-state index in [9.17, 15) is 0 Å². The topological polar surface area (TPSA) is 44.1 Å². The molecule has 0 radical (unpaired) electrons. The largest absolute Gasteiger partial charge is 0.456 e. The Morgan fingerprint density at radius 1 is 0.515 bits per heavy atom. The van der Waals surface area contributed by atoms with Crippen LogP contribution in [0.4, 0.5) is 5.69 Å². The molecular weight excluding hydrogens is 404 g/mol. The number of para-hydroxylation sites is 4. The molecule has 0 bridgehead atoms. The molecular formula is C30H20N2O. The maximum atomic E-state index is 6.72. The number of aromatic nitrogens is 1. The molecule has 0 fully saturated rings. The lowest BCUT2D eigenvalue weighted by Crippen LogP contribution is -2.02. The zero-order valence-electron chi connectivity index (χ0n) is 17.8. The van der Waals surface area contributed by atoms with Crippen molar-refractivity contribution in [3.63, 3.8) is 0 Å². The van der Waals surface area contributed by atoms with Crippen molar-refractivity contribution in [3.8, 4) is 16.8 Å². The van der Waals surface area contributed by atoms with E-state index in [0.717, 1.165) is 55.5 Å². The number of benzene rings is 5. The predicted octanol–water partition coefficient (Wildman–Crippen LogP) is 7.93. The molecule has 0 aliphatic carbocycles. The van der Waals surface area contributed by atoms with E-state index in [4.69, 9.17) is 10.2 Å². The number of nitrogens with zero attached hydrogens (tertiary/aromatic N) is 1. The molecule has 0 aliphatic rings. The molecule has 7 rings (SSSR count). The van der Waals surface area contributed by atoms with Crippen LogP contribution >= 0.6 is 0 Å². The van der Waals surface area contributed by atoms with Crippen molar-refractivity contribution >= 4 is 49.4 Å². The summed E-state index contributed by atoms with van der Waals surface area (Å²) in [4.78, 5) is 0. The van der Waals surface area contributed by atoms with Gasteiger partial charge < -0.3 is 14.7 Å². The number of hydrogen-bond donors (Lipinski definition) is 1. The van der Waals surface area contributed by atoms with Gasteiger partial charge in [0.25, 0.3) is 0 Å². The fourth-order valence-electron chi connectivity index (χ4n) is 5.19. The van der Waals surface area contributed by atoms with Gasteiger partial charge in [-0.25, -0.2) is 0 Å². The molecule has 2 aromatic heterocycles. The fraction of sp³-hybridized carbons (Fsp3) is 0. The van der Waals surface area contributed by atoms with E-state index in [1.165, 1.54) is 10.8 Å². The van der Waals surface area contributed by atoms with E-state index in [2.05, 4.69) is 83.4 Å². The van der Waals surface area contributed by atoms with Crippen molar-refractivity contribution in [2.75, 3.05) is 5.73 Å². The van der Waals surface area contributed by atoms with E-state index < -0.39 is 0 Å². The molecule has 0 spiro atoms. The fourth-order valence-corrected chi connectivity index (χ4v) is 5.19. The highest BCUT2D eigenvalue weighted by Crippen LogP contribution is 2.42. The molecule has 0 atom stereocenters. The monoisotopic (exact) mass is 424 g/mol. The van der Waals surface area contributed by atoms with Crippen LogP contribution in [0.2, 0.25) is 0 Å². The zero-order valence-corrected chi connectivity index (χ0v) is 17.8. The van der Waals surface area contributed by atoms with Crippen molar-refractivity contribution < 1.29 is 4.42 Å². The molecule has 33 heavy (non-hydrogen) atoms. The lowest BCUT2D eigenvalue weighted by atomic mass is 9.97. The quantitative estimate of drug-likeness (QED) is 0.286. The lowest BCUT2D eigenvalue weighted by molar-refractivity contribution is 0.669. The molecule has 0 aliphatic heterocycles. The van der Waals surface area contributed by atoms with Crippen LogP contribution in [-0.2, 0) is 0 Å². The summed E-state index contributed by atoms with van der Waals surface area (Å²) in [7, 11) is 0. The molecule has 5 aromatic carbocycles. The second-order valence-electron chi connectivity index (χ2n) is 8.39. The Bertz CT molecular complexity index is 1780. The Hall–Kier alpha value is -4.50. The van der Waals surface area contributed by atoms with E-state index >= 15 is 0 Å². The van der Waals surface area contributed by atoms with Crippen LogP contribution in [0.25, 0.3) is 60.6 Å². The molecule has 7 aromatic rings. The minimum Gasteiger partial charge on any atom is -0.456 e. The van der Waals surface area contributed by atoms with Crippen molar-refractivity contribution in [1.82, 2.24) is 4.57 Å². The SMILES string of the molecule is Nc1cccc(-c2cccc3oc4ccccc4c23)c1-n1c2ccccc2c2ccccc21. The smallest absolute Gasteiger partial charge is 0.136 e. The average Bonchev–Trinajstić information content (AvgIpc) is 3.40. The summed E-state index contributed by atoms with van der Waals surface area (Å²) in [6, 6.07) is 37.7. The Balaban J connectivity index is 1.65.